The van der Waals surface area contributed by atoms with E-state index in [9.17, 15) is 18.8 Å². The highest BCUT2D eigenvalue weighted by molar-refractivity contribution is 6.00. The molecule has 5 nitrogen and oxygen atoms in total. The van der Waals surface area contributed by atoms with Gasteiger partial charge < -0.3 is 10.3 Å². The van der Waals surface area contributed by atoms with E-state index in [1.165, 1.54) is 24.3 Å². The van der Waals surface area contributed by atoms with Gasteiger partial charge >= 0.3 is 0 Å². The number of H-pyrrole nitrogens is 1. The molecule has 3 aromatic rings. The summed E-state index contributed by atoms with van der Waals surface area (Å²) in [5.74, 6) is -0.948. The summed E-state index contributed by atoms with van der Waals surface area (Å²) >= 11 is 0. The van der Waals surface area contributed by atoms with E-state index >= 15 is 0 Å². The number of rotatable bonds is 5. The number of carbonyl (C=O) groups excluding carboxylic acids is 2. The predicted octanol–water partition coefficient (Wildman–Crippen LogP) is 3.58. The standard InChI is InChI=1S/C20H17FN2O3/c1-12-10-14-4-7-16(11-17(14)23-20(12)26)22-19(25)9-8-18(24)13-2-5-15(21)6-3-13/h2-7,10-11H,8-9H2,1H3,(H,22,25)(H,23,26). The molecule has 0 aliphatic carbocycles. The lowest BCUT2D eigenvalue weighted by Gasteiger charge is -2.07. The molecule has 1 amide bonds. The number of hydrogen-bond donors (Lipinski definition) is 2. The number of fused-ring (bicyclic) bond motifs is 1. The van der Waals surface area contributed by atoms with Crippen LogP contribution in [0.5, 0.6) is 0 Å². The first kappa shape index (κ1) is 17.5. The van der Waals surface area contributed by atoms with E-state index in [0.717, 1.165) is 5.39 Å². The van der Waals surface area contributed by atoms with Crippen molar-refractivity contribution in [2.45, 2.75) is 19.8 Å². The molecule has 3 rings (SSSR count). The van der Waals surface area contributed by atoms with Crippen LogP contribution in [-0.2, 0) is 4.79 Å². The third kappa shape index (κ3) is 4.03. The largest absolute Gasteiger partial charge is 0.326 e. The number of ketones is 1. The molecule has 6 heteroatoms. The van der Waals surface area contributed by atoms with Crippen LogP contribution in [-0.4, -0.2) is 16.7 Å². The van der Waals surface area contributed by atoms with Crippen molar-refractivity contribution in [1.29, 1.82) is 0 Å². The fourth-order valence-electron chi connectivity index (χ4n) is 2.62. The molecular weight excluding hydrogens is 335 g/mol. The Bertz CT molecular complexity index is 1040. The lowest BCUT2D eigenvalue weighted by atomic mass is 10.1. The number of hydrogen-bond acceptors (Lipinski definition) is 3. The molecule has 0 aliphatic heterocycles. The van der Waals surface area contributed by atoms with E-state index in [0.29, 0.717) is 22.3 Å². The van der Waals surface area contributed by atoms with Crippen molar-refractivity contribution in [3.05, 3.63) is 75.8 Å². The maximum Gasteiger partial charge on any atom is 0.251 e. The van der Waals surface area contributed by atoms with Crippen LogP contribution in [0.15, 0.2) is 53.3 Å². The highest BCUT2D eigenvalue weighted by atomic mass is 19.1. The Balaban J connectivity index is 1.63. The first-order valence-corrected chi connectivity index (χ1v) is 8.15. The maximum atomic E-state index is 12.9. The summed E-state index contributed by atoms with van der Waals surface area (Å²) in [7, 11) is 0. The molecule has 2 N–H and O–H groups in total. The highest BCUT2D eigenvalue weighted by Crippen LogP contribution is 2.17. The first-order valence-electron chi connectivity index (χ1n) is 8.15. The Kier molecular flexibility index (Phi) is 4.93. The molecule has 2 aromatic carbocycles. The van der Waals surface area contributed by atoms with E-state index in [1.54, 1.807) is 31.2 Å². The number of benzene rings is 2. The zero-order chi connectivity index (χ0) is 18.7. The Morgan fingerprint density at radius 2 is 1.77 bits per heavy atom. The number of anilines is 1. The smallest absolute Gasteiger partial charge is 0.251 e. The minimum Gasteiger partial charge on any atom is -0.326 e. The summed E-state index contributed by atoms with van der Waals surface area (Å²) in [5.41, 5.74) is 1.98. The normalized spacial score (nSPS) is 10.7. The number of halogens is 1. The number of carbonyl (C=O) groups is 2. The average Bonchev–Trinajstić information content (AvgIpc) is 2.61. The van der Waals surface area contributed by atoms with Crippen molar-refractivity contribution < 1.29 is 14.0 Å². The van der Waals surface area contributed by atoms with Gasteiger partial charge in [0, 0.05) is 29.7 Å². The molecule has 0 bridgehead atoms. The second-order valence-corrected chi connectivity index (χ2v) is 6.06. The first-order chi connectivity index (χ1) is 12.4. The Labute approximate surface area is 148 Å². The van der Waals surface area contributed by atoms with Crippen LogP contribution in [0.2, 0.25) is 0 Å². The Hall–Kier alpha value is -3.28. The Morgan fingerprint density at radius 1 is 1.04 bits per heavy atom. The molecule has 26 heavy (non-hydrogen) atoms. The predicted molar refractivity (Wildman–Crippen MR) is 97.9 cm³/mol. The molecular formula is C20H17FN2O3. The van der Waals surface area contributed by atoms with Gasteiger partial charge in [-0.05, 0) is 54.8 Å². The SMILES string of the molecule is Cc1cc2ccc(NC(=O)CCC(=O)c3ccc(F)cc3)cc2[nH]c1=O. The van der Waals surface area contributed by atoms with Gasteiger partial charge in [0.2, 0.25) is 5.91 Å². The van der Waals surface area contributed by atoms with Crippen LogP contribution in [0.3, 0.4) is 0 Å². The Morgan fingerprint density at radius 3 is 2.50 bits per heavy atom. The van der Waals surface area contributed by atoms with Gasteiger partial charge in [0.25, 0.3) is 5.56 Å². The minimum atomic E-state index is -0.413. The third-order valence-electron chi connectivity index (χ3n) is 4.06. The zero-order valence-corrected chi connectivity index (χ0v) is 14.1. The molecule has 0 saturated carbocycles. The van der Waals surface area contributed by atoms with Gasteiger partial charge in [-0.25, -0.2) is 4.39 Å². The summed E-state index contributed by atoms with van der Waals surface area (Å²) in [6.45, 7) is 1.73. The molecule has 0 fully saturated rings. The van der Waals surface area contributed by atoms with E-state index in [2.05, 4.69) is 10.3 Å². The van der Waals surface area contributed by atoms with E-state index in [-0.39, 0.29) is 30.1 Å². The maximum absolute atomic E-state index is 12.9. The van der Waals surface area contributed by atoms with E-state index < -0.39 is 5.82 Å². The summed E-state index contributed by atoms with van der Waals surface area (Å²) in [4.78, 5) is 38.5. The van der Waals surface area contributed by atoms with Crippen molar-refractivity contribution in [3.63, 3.8) is 0 Å². The quantitative estimate of drug-likeness (QED) is 0.689. The fraction of sp³-hybridized carbons (Fsp3) is 0.150. The topological polar surface area (TPSA) is 79.0 Å². The number of aromatic amines is 1. The summed E-state index contributed by atoms with van der Waals surface area (Å²) < 4.78 is 12.9. The van der Waals surface area contributed by atoms with Gasteiger partial charge in [0.15, 0.2) is 5.78 Å². The second kappa shape index (κ2) is 7.31. The fourth-order valence-corrected chi connectivity index (χ4v) is 2.62. The van der Waals surface area contributed by atoms with E-state index in [4.69, 9.17) is 0 Å². The van der Waals surface area contributed by atoms with Gasteiger partial charge in [0.1, 0.15) is 5.82 Å². The van der Waals surface area contributed by atoms with Crippen LogP contribution < -0.4 is 10.9 Å². The molecule has 0 radical (unpaired) electrons. The van der Waals surface area contributed by atoms with Crippen molar-refractivity contribution in [3.8, 4) is 0 Å². The lowest BCUT2D eigenvalue weighted by molar-refractivity contribution is -0.116. The molecule has 132 valence electrons. The van der Waals surface area contributed by atoms with Crippen LogP contribution in [0, 0.1) is 12.7 Å². The van der Waals surface area contributed by atoms with Gasteiger partial charge in [-0.3, -0.25) is 14.4 Å². The second-order valence-electron chi connectivity index (χ2n) is 6.06. The lowest BCUT2D eigenvalue weighted by Crippen LogP contribution is -2.14. The molecule has 0 aliphatic rings. The van der Waals surface area contributed by atoms with Gasteiger partial charge in [0.05, 0.1) is 5.52 Å². The average molecular weight is 352 g/mol. The monoisotopic (exact) mass is 352 g/mol. The van der Waals surface area contributed by atoms with Crippen LogP contribution >= 0.6 is 0 Å². The number of aromatic nitrogens is 1. The van der Waals surface area contributed by atoms with Crippen molar-refractivity contribution >= 4 is 28.3 Å². The van der Waals surface area contributed by atoms with Gasteiger partial charge in [-0.1, -0.05) is 6.07 Å². The molecule has 0 spiro atoms. The van der Waals surface area contributed by atoms with E-state index in [1.807, 2.05) is 0 Å². The van der Waals surface area contributed by atoms with Gasteiger partial charge in [-0.2, -0.15) is 0 Å². The number of pyridine rings is 1. The molecule has 1 aromatic heterocycles. The van der Waals surface area contributed by atoms with Crippen molar-refractivity contribution in [2.24, 2.45) is 0 Å². The van der Waals surface area contributed by atoms with Crippen LogP contribution in [0.1, 0.15) is 28.8 Å². The summed E-state index contributed by atoms with van der Waals surface area (Å²) in [6, 6.07) is 12.2. The van der Waals surface area contributed by atoms with Crippen LogP contribution in [0.25, 0.3) is 10.9 Å². The van der Waals surface area contributed by atoms with Gasteiger partial charge in [-0.15, -0.1) is 0 Å². The van der Waals surface area contributed by atoms with Crippen LogP contribution in [0.4, 0.5) is 10.1 Å². The number of aryl methyl sites for hydroxylation is 1. The summed E-state index contributed by atoms with van der Waals surface area (Å²) in [5, 5.41) is 3.58. The number of Topliss-reactive ketones (excluding diaryl/α,β-unsaturated/α-hetero) is 1. The van der Waals surface area contributed by atoms with Crippen molar-refractivity contribution in [2.75, 3.05) is 5.32 Å². The zero-order valence-electron chi connectivity index (χ0n) is 14.1. The minimum absolute atomic E-state index is 0.0126. The molecule has 0 saturated heterocycles. The number of amides is 1. The molecule has 0 atom stereocenters. The molecule has 0 unspecified atom stereocenters. The van der Waals surface area contributed by atoms with Crippen molar-refractivity contribution in [1.82, 2.24) is 4.98 Å². The third-order valence-corrected chi connectivity index (χ3v) is 4.06. The highest BCUT2D eigenvalue weighted by Gasteiger charge is 2.10. The number of nitrogens with one attached hydrogen (secondary N) is 2. The molecule has 1 heterocycles. The summed E-state index contributed by atoms with van der Waals surface area (Å²) in [6.07, 6.45) is 0.0414.